The molecule has 3 aromatic heterocycles. The number of halogens is 2. The maximum atomic E-state index is 12.9. The number of nitriles is 1. The molecule has 26 heavy (non-hydrogen) atoms. The van der Waals surface area contributed by atoms with E-state index in [1.807, 2.05) is 33.8 Å². The van der Waals surface area contributed by atoms with Crippen molar-refractivity contribution in [2.45, 2.75) is 40.0 Å². The zero-order valence-corrected chi connectivity index (χ0v) is 15.0. The van der Waals surface area contributed by atoms with Gasteiger partial charge in [0.1, 0.15) is 23.4 Å². The Bertz CT molecular complexity index is 927. The molecule has 0 saturated heterocycles. The Morgan fingerprint density at radius 3 is 2.46 bits per heavy atom. The number of H-pyrrole nitrogens is 1. The Kier molecular flexibility index (Phi) is 6.17. The zero-order valence-electron chi connectivity index (χ0n) is 15.0. The molecule has 0 atom stereocenters. The van der Waals surface area contributed by atoms with Crippen molar-refractivity contribution >= 4 is 22.8 Å². The van der Waals surface area contributed by atoms with Crippen molar-refractivity contribution in [3.63, 3.8) is 0 Å². The first-order valence-electron chi connectivity index (χ1n) is 8.31. The summed E-state index contributed by atoms with van der Waals surface area (Å²) >= 11 is 0. The average Bonchev–Trinajstić information content (AvgIpc) is 3.07. The van der Waals surface area contributed by atoms with E-state index >= 15 is 0 Å². The van der Waals surface area contributed by atoms with Gasteiger partial charge in [-0.25, -0.2) is 23.7 Å². The lowest BCUT2D eigenvalue weighted by atomic mass is 10.0. The number of alkyl halides is 2. The van der Waals surface area contributed by atoms with Crippen molar-refractivity contribution in [2.75, 3.05) is 5.32 Å². The second-order valence-electron chi connectivity index (χ2n) is 5.52. The number of pyridine rings is 2. The minimum atomic E-state index is -2.69. The van der Waals surface area contributed by atoms with E-state index in [2.05, 4.69) is 25.3 Å². The van der Waals surface area contributed by atoms with Crippen LogP contribution >= 0.6 is 0 Å². The van der Waals surface area contributed by atoms with Crippen LogP contribution in [-0.2, 0) is 0 Å². The lowest BCUT2D eigenvalue weighted by Crippen LogP contribution is -2.00. The second-order valence-corrected chi connectivity index (χ2v) is 5.52. The van der Waals surface area contributed by atoms with Crippen LogP contribution in [0, 0.1) is 11.3 Å². The van der Waals surface area contributed by atoms with Gasteiger partial charge in [0.05, 0.1) is 5.52 Å². The summed E-state index contributed by atoms with van der Waals surface area (Å²) in [5, 5.41) is 11.9. The van der Waals surface area contributed by atoms with Crippen LogP contribution in [0.4, 0.5) is 20.4 Å². The minimum Gasteiger partial charge on any atom is -0.336 e. The number of nitrogens with one attached hydrogen (secondary N) is 2. The summed E-state index contributed by atoms with van der Waals surface area (Å²) in [5.74, 6) is 0.558. The van der Waals surface area contributed by atoms with Crippen LogP contribution in [0.2, 0.25) is 0 Å². The predicted molar refractivity (Wildman–Crippen MR) is 96.5 cm³/mol. The predicted octanol–water partition coefficient (Wildman–Crippen LogP) is 5.06. The van der Waals surface area contributed by atoms with Gasteiger partial charge in [-0.1, -0.05) is 33.8 Å². The summed E-state index contributed by atoms with van der Waals surface area (Å²) in [6, 6.07) is 8.69. The number of hydrogen-bond acceptors (Lipinski definition) is 5. The number of aromatic amines is 1. The lowest BCUT2D eigenvalue weighted by Gasteiger charge is -2.10. The molecule has 0 bridgehead atoms. The molecule has 0 aliphatic carbocycles. The number of rotatable bonds is 4. The topological polar surface area (TPSA) is 90.3 Å². The summed E-state index contributed by atoms with van der Waals surface area (Å²) in [4.78, 5) is 14.9. The van der Waals surface area contributed by atoms with Crippen molar-refractivity contribution < 1.29 is 8.78 Å². The lowest BCUT2D eigenvalue weighted by molar-refractivity contribution is 0.142. The first-order valence-corrected chi connectivity index (χ1v) is 8.31. The molecule has 3 heterocycles. The molecule has 0 spiro atoms. The highest BCUT2D eigenvalue weighted by Gasteiger charge is 2.18. The van der Waals surface area contributed by atoms with Gasteiger partial charge in [0.25, 0.3) is 6.43 Å². The molecule has 2 N–H and O–H groups in total. The van der Waals surface area contributed by atoms with E-state index < -0.39 is 12.2 Å². The Hall–Kier alpha value is -3.08. The van der Waals surface area contributed by atoms with Gasteiger partial charge in [0, 0.05) is 0 Å². The number of aromatic nitrogens is 4. The van der Waals surface area contributed by atoms with E-state index in [-0.39, 0.29) is 17.3 Å². The molecule has 0 aliphatic rings. The molecule has 0 fully saturated rings. The van der Waals surface area contributed by atoms with Crippen molar-refractivity contribution in [2.24, 2.45) is 0 Å². The fraction of sp³-hybridized carbons (Fsp3) is 0.333. The van der Waals surface area contributed by atoms with Crippen LogP contribution in [0.1, 0.15) is 57.1 Å². The Balaban J connectivity index is 0.00000117. The highest BCUT2D eigenvalue weighted by Crippen LogP contribution is 2.28. The molecule has 0 aromatic carbocycles. The fourth-order valence-electron chi connectivity index (χ4n) is 2.35. The van der Waals surface area contributed by atoms with Gasteiger partial charge in [-0.2, -0.15) is 5.26 Å². The second kappa shape index (κ2) is 8.34. The SMILES string of the molecule is CC.CC(C)c1cc(Nc2cccc(C#N)n2)nc2nc(C(F)F)[nH]c12. The van der Waals surface area contributed by atoms with Gasteiger partial charge in [0.15, 0.2) is 11.5 Å². The first kappa shape index (κ1) is 19.2. The third kappa shape index (κ3) is 4.11. The van der Waals surface area contributed by atoms with E-state index in [0.717, 1.165) is 5.56 Å². The van der Waals surface area contributed by atoms with Crippen molar-refractivity contribution in [3.05, 3.63) is 41.3 Å². The van der Waals surface area contributed by atoms with Crippen molar-refractivity contribution in [1.29, 1.82) is 5.26 Å². The van der Waals surface area contributed by atoms with Gasteiger partial charge in [-0.3, -0.25) is 0 Å². The van der Waals surface area contributed by atoms with E-state index in [0.29, 0.717) is 17.2 Å². The highest BCUT2D eigenvalue weighted by molar-refractivity contribution is 5.79. The van der Waals surface area contributed by atoms with E-state index in [9.17, 15) is 8.78 Å². The number of fused-ring (bicyclic) bond motifs is 1. The van der Waals surface area contributed by atoms with Crippen molar-refractivity contribution in [1.82, 2.24) is 19.9 Å². The molecule has 0 radical (unpaired) electrons. The van der Waals surface area contributed by atoms with Crippen LogP contribution in [0.15, 0.2) is 24.3 Å². The monoisotopic (exact) mass is 358 g/mol. The molecule has 136 valence electrons. The van der Waals surface area contributed by atoms with Gasteiger partial charge < -0.3 is 10.3 Å². The number of hydrogen-bond donors (Lipinski definition) is 2. The van der Waals surface area contributed by atoms with Crippen LogP contribution < -0.4 is 5.32 Å². The first-order chi connectivity index (χ1) is 12.5. The molecular weight excluding hydrogens is 338 g/mol. The summed E-state index contributed by atoms with van der Waals surface area (Å²) in [6.45, 7) is 7.91. The Morgan fingerprint density at radius 2 is 1.85 bits per heavy atom. The molecule has 3 rings (SSSR count). The number of anilines is 2. The molecular formula is C18H20F2N6. The number of nitrogens with zero attached hydrogens (tertiary/aromatic N) is 4. The van der Waals surface area contributed by atoms with Gasteiger partial charge in [0.2, 0.25) is 0 Å². The highest BCUT2D eigenvalue weighted by atomic mass is 19.3. The average molecular weight is 358 g/mol. The molecule has 3 aromatic rings. The number of imidazole rings is 1. The Morgan fingerprint density at radius 1 is 1.12 bits per heavy atom. The largest absolute Gasteiger partial charge is 0.336 e. The van der Waals surface area contributed by atoms with Crippen molar-refractivity contribution in [3.8, 4) is 6.07 Å². The maximum absolute atomic E-state index is 12.9. The molecule has 0 unspecified atom stereocenters. The molecule has 0 aliphatic heterocycles. The third-order valence-corrected chi connectivity index (χ3v) is 3.46. The summed E-state index contributed by atoms with van der Waals surface area (Å²) in [6.07, 6.45) is -2.69. The summed E-state index contributed by atoms with van der Waals surface area (Å²) in [7, 11) is 0. The minimum absolute atomic E-state index is 0.0837. The van der Waals surface area contributed by atoms with E-state index in [4.69, 9.17) is 5.26 Å². The van der Waals surface area contributed by atoms with Gasteiger partial charge in [-0.15, -0.1) is 0 Å². The van der Waals surface area contributed by atoms with Crippen LogP contribution in [0.25, 0.3) is 11.2 Å². The molecule has 6 nitrogen and oxygen atoms in total. The fourth-order valence-corrected chi connectivity index (χ4v) is 2.35. The summed E-state index contributed by atoms with van der Waals surface area (Å²) < 4.78 is 25.8. The Labute approximate surface area is 150 Å². The van der Waals surface area contributed by atoms with E-state index in [1.54, 1.807) is 24.3 Å². The van der Waals surface area contributed by atoms with Crippen LogP contribution in [-0.4, -0.2) is 19.9 Å². The smallest absolute Gasteiger partial charge is 0.295 e. The van der Waals surface area contributed by atoms with E-state index in [1.165, 1.54) is 0 Å². The molecule has 0 saturated carbocycles. The standard InChI is InChI=1S/C16H14F2N6.C2H6/c1-8(2)10-6-12(21-11-5-3-4-9(7-19)20-11)22-15-13(10)23-16(24-15)14(17)18;1-2/h3-6,8,14H,1-2H3,(H2,20,21,22,23,24);1-2H3. The normalized spacial score (nSPS) is 10.6. The van der Waals surface area contributed by atoms with Gasteiger partial charge >= 0.3 is 0 Å². The summed E-state index contributed by atoms with van der Waals surface area (Å²) in [5.41, 5.74) is 1.81. The molecule has 8 heteroatoms. The van der Waals surface area contributed by atoms with Gasteiger partial charge in [-0.05, 0) is 29.7 Å². The van der Waals surface area contributed by atoms with Crippen LogP contribution in [0.5, 0.6) is 0 Å². The maximum Gasteiger partial charge on any atom is 0.295 e. The third-order valence-electron chi connectivity index (χ3n) is 3.46. The zero-order chi connectivity index (χ0) is 19.3. The molecule has 0 amide bonds. The van der Waals surface area contributed by atoms with Crippen LogP contribution in [0.3, 0.4) is 0 Å². The quantitative estimate of drug-likeness (QED) is 0.680.